The van der Waals surface area contributed by atoms with Gasteiger partial charge in [0.2, 0.25) is 5.91 Å². The van der Waals surface area contributed by atoms with Gasteiger partial charge in [0.15, 0.2) is 0 Å². The molecule has 4 aromatic rings. The zero-order chi connectivity index (χ0) is 25.6. The van der Waals surface area contributed by atoms with Gasteiger partial charge in [-0.05, 0) is 41.2 Å². The van der Waals surface area contributed by atoms with Crippen LogP contribution in [0.2, 0.25) is 0 Å². The Balaban J connectivity index is 1.31. The summed E-state index contributed by atoms with van der Waals surface area (Å²) >= 11 is 1.49. The maximum atomic E-state index is 13.0. The number of hydrogen-bond acceptors (Lipinski definition) is 5. The van der Waals surface area contributed by atoms with Crippen LogP contribution in [0.5, 0.6) is 0 Å². The SMILES string of the molecule is CCOC(=O)c1c(NC(=O)Cc2ccc(-c3ccccc3)cc2)sc2c1CCN(Cc1ccccc1)C2. The standard InChI is InChI=1S/C31H30N2O3S/c1-2-36-31(35)29-26-17-18-33(20-23-9-5-3-6-10-23)21-27(26)37-30(29)32-28(34)19-22-13-15-25(16-14-22)24-11-7-4-8-12-24/h3-16H,2,17-21H2,1H3,(H,32,34). The van der Waals surface area contributed by atoms with E-state index < -0.39 is 0 Å². The van der Waals surface area contributed by atoms with Crippen LogP contribution in [0.25, 0.3) is 11.1 Å². The number of carbonyl (C=O) groups excluding carboxylic acids is 2. The van der Waals surface area contributed by atoms with Crippen LogP contribution in [-0.4, -0.2) is 29.9 Å². The highest BCUT2D eigenvalue weighted by Gasteiger charge is 2.29. The minimum atomic E-state index is -0.362. The predicted octanol–water partition coefficient (Wildman–Crippen LogP) is 6.33. The number of fused-ring (bicyclic) bond motifs is 1. The van der Waals surface area contributed by atoms with Gasteiger partial charge < -0.3 is 10.1 Å². The van der Waals surface area contributed by atoms with Gasteiger partial charge in [-0.1, -0.05) is 84.9 Å². The number of anilines is 1. The van der Waals surface area contributed by atoms with Crippen LogP contribution in [0.15, 0.2) is 84.9 Å². The van der Waals surface area contributed by atoms with E-state index in [9.17, 15) is 9.59 Å². The monoisotopic (exact) mass is 510 g/mol. The van der Waals surface area contributed by atoms with Gasteiger partial charge in [-0.3, -0.25) is 9.69 Å². The Labute approximate surface area is 221 Å². The van der Waals surface area contributed by atoms with Crippen molar-refractivity contribution in [1.82, 2.24) is 4.90 Å². The summed E-state index contributed by atoms with van der Waals surface area (Å²) < 4.78 is 5.37. The van der Waals surface area contributed by atoms with Gasteiger partial charge >= 0.3 is 5.97 Å². The third kappa shape index (κ3) is 5.98. The summed E-state index contributed by atoms with van der Waals surface area (Å²) in [6.45, 7) is 4.55. The molecular weight excluding hydrogens is 480 g/mol. The summed E-state index contributed by atoms with van der Waals surface area (Å²) in [4.78, 5) is 29.4. The first kappa shape index (κ1) is 24.9. The molecule has 0 aliphatic carbocycles. The van der Waals surface area contributed by atoms with Crippen molar-refractivity contribution in [2.75, 3.05) is 18.5 Å². The third-order valence-electron chi connectivity index (χ3n) is 6.54. The lowest BCUT2D eigenvalue weighted by Crippen LogP contribution is -2.30. The summed E-state index contributed by atoms with van der Waals surface area (Å²) in [6.07, 6.45) is 0.990. The van der Waals surface area contributed by atoms with Crippen molar-refractivity contribution in [2.24, 2.45) is 0 Å². The number of carbonyl (C=O) groups is 2. The maximum absolute atomic E-state index is 13.0. The molecule has 188 valence electrons. The van der Waals surface area contributed by atoms with Crippen molar-refractivity contribution < 1.29 is 14.3 Å². The van der Waals surface area contributed by atoms with Crippen LogP contribution in [0.3, 0.4) is 0 Å². The fourth-order valence-electron chi connectivity index (χ4n) is 4.74. The average molecular weight is 511 g/mol. The minimum absolute atomic E-state index is 0.141. The summed E-state index contributed by atoms with van der Waals surface area (Å²) in [6, 6.07) is 28.6. The molecule has 0 atom stereocenters. The number of rotatable bonds is 8. The highest BCUT2D eigenvalue weighted by Crippen LogP contribution is 2.38. The largest absolute Gasteiger partial charge is 0.462 e. The Morgan fingerprint density at radius 3 is 2.27 bits per heavy atom. The van der Waals surface area contributed by atoms with E-state index in [1.54, 1.807) is 6.92 Å². The average Bonchev–Trinajstić information content (AvgIpc) is 3.27. The molecular formula is C31H30N2O3S. The van der Waals surface area contributed by atoms with Gasteiger partial charge in [0.1, 0.15) is 5.00 Å². The first-order valence-corrected chi connectivity index (χ1v) is 13.4. The van der Waals surface area contributed by atoms with Crippen LogP contribution in [-0.2, 0) is 35.5 Å². The van der Waals surface area contributed by atoms with E-state index in [2.05, 4.69) is 46.6 Å². The minimum Gasteiger partial charge on any atom is -0.462 e. The number of benzene rings is 3. The molecule has 0 bridgehead atoms. The van der Waals surface area contributed by atoms with E-state index in [1.165, 1.54) is 16.9 Å². The van der Waals surface area contributed by atoms with Crippen LogP contribution in [0, 0.1) is 0 Å². The van der Waals surface area contributed by atoms with Crippen LogP contribution >= 0.6 is 11.3 Å². The molecule has 5 rings (SSSR count). The number of thiophene rings is 1. The second-order valence-electron chi connectivity index (χ2n) is 9.16. The molecule has 1 aliphatic heterocycles. The highest BCUT2D eigenvalue weighted by molar-refractivity contribution is 7.17. The number of nitrogens with zero attached hydrogens (tertiary/aromatic N) is 1. The molecule has 0 saturated carbocycles. The van der Waals surface area contributed by atoms with E-state index in [-0.39, 0.29) is 18.3 Å². The van der Waals surface area contributed by atoms with Crippen LogP contribution in [0.4, 0.5) is 5.00 Å². The topological polar surface area (TPSA) is 58.6 Å². The van der Waals surface area contributed by atoms with E-state index in [0.717, 1.165) is 53.2 Å². The Morgan fingerprint density at radius 2 is 1.57 bits per heavy atom. The van der Waals surface area contributed by atoms with Gasteiger partial charge in [0.25, 0.3) is 0 Å². The number of hydrogen-bond donors (Lipinski definition) is 1. The van der Waals surface area contributed by atoms with E-state index >= 15 is 0 Å². The Bertz CT molecular complexity index is 1370. The van der Waals surface area contributed by atoms with E-state index in [1.807, 2.05) is 48.5 Å². The second kappa shape index (κ2) is 11.5. The molecule has 1 amide bonds. The van der Waals surface area contributed by atoms with Gasteiger partial charge in [0, 0.05) is 24.5 Å². The van der Waals surface area contributed by atoms with E-state index in [0.29, 0.717) is 17.2 Å². The predicted molar refractivity (Wildman–Crippen MR) is 149 cm³/mol. The molecule has 0 radical (unpaired) electrons. The Hall–Kier alpha value is -3.74. The zero-order valence-corrected chi connectivity index (χ0v) is 21.7. The molecule has 0 fully saturated rings. The fourth-order valence-corrected chi connectivity index (χ4v) is 6.04. The summed E-state index contributed by atoms with van der Waals surface area (Å²) in [7, 11) is 0. The van der Waals surface area contributed by atoms with Crippen molar-refractivity contribution in [3.63, 3.8) is 0 Å². The van der Waals surface area contributed by atoms with Gasteiger partial charge in [-0.25, -0.2) is 4.79 Å². The Kier molecular flexibility index (Phi) is 7.78. The fraction of sp³-hybridized carbons (Fsp3) is 0.226. The van der Waals surface area contributed by atoms with Gasteiger partial charge in [0.05, 0.1) is 18.6 Å². The van der Waals surface area contributed by atoms with Crippen molar-refractivity contribution in [1.29, 1.82) is 0 Å². The molecule has 3 aromatic carbocycles. The smallest absolute Gasteiger partial charge is 0.341 e. The van der Waals surface area contributed by atoms with Crippen molar-refractivity contribution in [3.8, 4) is 11.1 Å². The second-order valence-corrected chi connectivity index (χ2v) is 10.3. The quantitative estimate of drug-likeness (QED) is 0.281. The molecule has 0 unspecified atom stereocenters. The Morgan fingerprint density at radius 1 is 0.892 bits per heavy atom. The highest BCUT2D eigenvalue weighted by atomic mass is 32.1. The number of esters is 1. The molecule has 37 heavy (non-hydrogen) atoms. The lowest BCUT2D eigenvalue weighted by Gasteiger charge is -2.27. The van der Waals surface area contributed by atoms with Crippen molar-refractivity contribution in [3.05, 3.63) is 112 Å². The molecule has 6 heteroatoms. The number of nitrogens with one attached hydrogen (secondary N) is 1. The molecule has 1 aromatic heterocycles. The molecule has 5 nitrogen and oxygen atoms in total. The van der Waals surface area contributed by atoms with E-state index in [4.69, 9.17) is 4.74 Å². The normalized spacial score (nSPS) is 13.1. The molecule has 0 spiro atoms. The first-order chi connectivity index (χ1) is 18.1. The lowest BCUT2D eigenvalue weighted by molar-refractivity contribution is -0.115. The first-order valence-electron chi connectivity index (χ1n) is 12.6. The van der Waals surface area contributed by atoms with Gasteiger partial charge in [-0.15, -0.1) is 11.3 Å². The zero-order valence-electron chi connectivity index (χ0n) is 20.9. The van der Waals surface area contributed by atoms with Crippen molar-refractivity contribution in [2.45, 2.75) is 32.9 Å². The maximum Gasteiger partial charge on any atom is 0.341 e. The number of ether oxygens (including phenoxy) is 1. The molecule has 1 aliphatic rings. The lowest BCUT2D eigenvalue weighted by atomic mass is 10.0. The van der Waals surface area contributed by atoms with Crippen LogP contribution in [0.1, 0.15) is 38.8 Å². The van der Waals surface area contributed by atoms with Gasteiger partial charge in [-0.2, -0.15) is 0 Å². The molecule has 2 heterocycles. The number of amides is 1. The summed E-state index contributed by atoms with van der Waals surface area (Å²) in [5.74, 6) is -0.503. The van der Waals surface area contributed by atoms with Crippen molar-refractivity contribution >= 4 is 28.2 Å². The summed E-state index contributed by atoms with van der Waals surface area (Å²) in [5, 5.41) is 3.62. The van der Waals surface area contributed by atoms with Crippen LogP contribution < -0.4 is 5.32 Å². The molecule has 0 saturated heterocycles. The summed E-state index contributed by atoms with van der Waals surface area (Å²) in [5.41, 5.74) is 5.97. The third-order valence-corrected chi connectivity index (χ3v) is 7.68. The molecule has 1 N–H and O–H groups in total.